The van der Waals surface area contributed by atoms with Crippen molar-refractivity contribution >= 4 is 10.0 Å². The van der Waals surface area contributed by atoms with Crippen LogP contribution in [0.1, 0.15) is 75.8 Å². The molecule has 0 N–H and O–H groups in total. The maximum absolute atomic E-state index is 4.85. The van der Waals surface area contributed by atoms with E-state index in [1.165, 1.54) is 73.1 Å². The van der Waals surface area contributed by atoms with Gasteiger partial charge < -0.3 is 0 Å². The maximum Gasteiger partial charge on any atom is 0.0702 e. The van der Waals surface area contributed by atoms with E-state index in [9.17, 15) is 0 Å². The monoisotopic (exact) mass is 409 g/mol. The average molecular weight is 410 g/mol. The van der Waals surface area contributed by atoms with E-state index in [0.29, 0.717) is 0 Å². The van der Waals surface area contributed by atoms with Gasteiger partial charge in [0.25, 0.3) is 0 Å². The van der Waals surface area contributed by atoms with E-state index < -0.39 is 0 Å². The minimum atomic E-state index is -0.320. The van der Waals surface area contributed by atoms with Crippen LogP contribution < -0.4 is 0 Å². The SMILES string of the molecule is CC(C)(c1ccc(-c2ccc(C3CCS(C)(C)CC3)cn2)cc1)C1CCCCC1. The summed E-state index contributed by atoms with van der Waals surface area (Å²) in [5, 5.41) is 0. The Hall–Kier alpha value is -1.28. The summed E-state index contributed by atoms with van der Waals surface area (Å²) in [6.45, 7) is 4.89. The number of hydrogen-bond acceptors (Lipinski definition) is 1. The molecular formula is C27H39NS. The van der Waals surface area contributed by atoms with Gasteiger partial charge in [0.1, 0.15) is 0 Å². The highest BCUT2D eigenvalue weighted by Crippen LogP contribution is 2.49. The van der Waals surface area contributed by atoms with Crippen molar-refractivity contribution in [2.24, 2.45) is 5.92 Å². The fraction of sp³-hybridized carbons (Fsp3) is 0.593. The molecule has 1 aromatic heterocycles. The van der Waals surface area contributed by atoms with Crippen LogP contribution in [0.25, 0.3) is 11.3 Å². The van der Waals surface area contributed by atoms with Crippen molar-refractivity contribution < 1.29 is 0 Å². The average Bonchev–Trinajstić information content (AvgIpc) is 2.75. The highest BCUT2D eigenvalue weighted by atomic mass is 32.3. The van der Waals surface area contributed by atoms with Crippen LogP contribution in [0.3, 0.4) is 0 Å². The lowest BCUT2D eigenvalue weighted by molar-refractivity contribution is 0.236. The van der Waals surface area contributed by atoms with Gasteiger partial charge in [-0.25, -0.2) is 10.0 Å². The van der Waals surface area contributed by atoms with E-state index >= 15 is 0 Å². The molecule has 2 heterocycles. The number of rotatable bonds is 4. The molecule has 2 aliphatic rings. The summed E-state index contributed by atoms with van der Waals surface area (Å²) in [6, 6.07) is 13.9. The van der Waals surface area contributed by atoms with Gasteiger partial charge in [-0.05, 0) is 84.1 Å². The number of hydrogen-bond donors (Lipinski definition) is 0. The summed E-state index contributed by atoms with van der Waals surface area (Å²) in [5.41, 5.74) is 5.55. The molecule has 2 aromatic rings. The second-order valence-corrected chi connectivity index (χ2v) is 14.9. The Morgan fingerprint density at radius 1 is 0.828 bits per heavy atom. The van der Waals surface area contributed by atoms with Gasteiger partial charge in [-0.3, -0.25) is 4.98 Å². The van der Waals surface area contributed by atoms with E-state index in [0.717, 1.165) is 17.5 Å². The van der Waals surface area contributed by atoms with Gasteiger partial charge >= 0.3 is 0 Å². The third-order valence-corrected chi connectivity index (χ3v) is 10.5. The summed E-state index contributed by atoms with van der Waals surface area (Å²) in [6.07, 6.45) is 16.8. The van der Waals surface area contributed by atoms with Crippen LogP contribution in [0.4, 0.5) is 0 Å². The fourth-order valence-electron chi connectivity index (χ4n) is 5.45. The zero-order valence-electron chi connectivity index (χ0n) is 18.9. The van der Waals surface area contributed by atoms with Crippen molar-refractivity contribution in [2.45, 2.75) is 70.1 Å². The number of nitrogens with zero attached hydrogens (tertiary/aromatic N) is 1. The van der Waals surface area contributed by atoms with Crippen LogP contribution >= 0.6 is 10.0 Å². The number of pyridine rings is 1. The molecule has 29 heavy (non-hydrogen) atoms. The first-order valence-electron chi connectivity index (χ1n) is 11.6. The fourth-order valence-corrected chi connectivity index (χ4v) is 7.50. The van der Waals surface area contributed by atoms with E-state index in [4.69, 9.17) is 4.98 Å². The minimum Gasteiger partial charge on any atom is -0.256 e. The molecule has 0 spiro atoms. The van der Waals surface area contributed by atoms with E-state index in [1.807, 2.05) is 0 Å². The molecule has 1 aromatic carbocycles. The summed E-state index contributed by atoms with van der Waals surface area (Å²) in [7, 11) is -0.320. The zero-order valence-corrected chi connectivity index (χ0v) is 19.7. The molecule has 0 radical (unpaired) electrons. The lowest BCUT2D eigenvalue weighted by atomic mass is 9.67. The Bertz CT molecular complexity index is 787. The summed E-state index contributed by atoms with van der Waals surface area (Å²) >= 11 is 0. The number of benzene rings is 1. The normalized spacial score (nSPS) is 22.3. The predicted octanol–water partition coefficient (Wildman–Crippen LogP) is 7.55. The molecule has 0 bridgehead atoms. The van der Waals surface area contributed by atoms with Crippen LogP contribution in [-0.2, 0) is 5.41 Å². The molecule has 0 atom stereocenters. The van der Waals surface area contributed by atoms with Crippen LogP contribution in [0, 0.1) is 5.92 Å². The van der Waals surface area contributed by atoms with E-state index in [1.54, 1.807) is 0 Å². The predicted molar refractivity (Wildman–Crippen MR) is 130 cm³/mol. The molecule has 1 aliphatic carbocycles. The molecule has 2 heteroatoms. The first-order chi connectivity index (χ1) is 13.9. The lowest BCUT2D eigenvalue weighted by Crippen LogP contribution is -2.30. The van der Waals surface area contributed by atoms with Gasteiger partial charge in [0.15, 0.2) is 0 Å². The largest absolute Gasteiger partial charge is 0.256 e. The first kappa shape index (κ1) is 21.0. The van der Waals surface area contributed by atoms with Crippen LogP contribution in [-0.4, -0.2) is 29.0 Å². The van der Waals surface area contributed by atoms with Crippen LogP contribution in [0.2, 0.25) is 0 Å². The van der Waals surface area contributed by atoms with Crippen molar-refractivity contribution in [1.29, 1.82) is 0 Å². The van der Waals surface area contributed by atoms with Crippen molar-refractivity contribution in [1.82, 2.24) is 4.98 Å². The standard InChI is InChI=1S/C27H39NS/c1-27(2,24-8-6-5-7-9-24)25-13-10-22(11-14-25)26-15-12-23(20-28-26)21-16-18-29(3,4)19-17-21/h10-15,20-21,24H,5-9,16-19H2,1-4H3. The molecule has 4 rings (SSSR count). The Morgan fingerprint density at radius 2 is 1.48 bits per heavy atom. The van der Waals surface area contributed by atoms with Crippen molar-refractivity contribution in [3.05, 3.63) is 53.7 Å². The van der Waals surface area contributed by atoms with Gasteiger partial charge in [-0.2, -0.15) is 0 Å². The maximum atomic E-state index is 4.85. The topological polar surface area (TPSA) is 12.9 Å². The summed E-state index contributed by atoms with van der Waals surface area (Å²) in [4.78, 5) is 4.85. The third-order valence-electron chi connectivity index (χ3n) is 7.85. The Labute approximate surface area is 180 Å². The van der Waals surface area contributed by atoms with Crippen molar-refractivity contribution in [3.63, 3.8) is 0 Å². The smallest absolute Gasteiger partial charge is 0.0702 e. The Morgan fingerprint density at radius 3 is 2.07 bits per heavy atom. The van der Waals surface area contributed by atoms with E-state index in [-0.39, 0.29) is 15.4 Å². The first-order valence-corrected chi connectivity index (χ1v) is 14.4. The highest BCUT2D eigenvalue weighted by molar-refractivity contribution is 8.32. The molecule has 0 amide bonds. The summed E-state index contributed by atoms with van der Waals surface area (Å²) < 4.78 is 0. The van der Waals surface area contributed by atoms with Gasteiger partial charge in [0.05, 0.1) is 5.69 Å². The van der Waals surface area contributed by atoms with Crippen molar-refractivity contribution in [3.8, 4) is 11.3 Å². The molecule has 2 fully saturated rings. The molecule has 158 valence electrons. The minimum absolute atomic E-state index is 0.271. The highest BCUT2D eigenvalue weighted by Gasteiger charge is 2.32. The molecular weight excluding hydrogens is 370 g/mol. The Kier molecular flexibility index (Phi) is 6.11. The molecule has 0 unspecified atom stereocenters. The van der Waals surface area contributed by atoms with Crippen LogP contribution in [0.5, 0.6) is 0 Å². The second-order valence-electron chi connectivity index (χ2n) is 10.6. The molecule has 1 saturated carbocycles. The molecule has 1 aliphatic heterocycles. The van der Waals surface area contributed by atoms with Gasteiger partial charge in [-0.1, -0.05) is 63.4 Å². The van der Waals surface area contributed by atoms with Gasteiger partial charge in [0.2, 0.25) is 0 Å². The van der Waals surface area contributed by atoms with Crippen LogP contribution in [0.15, 0.2) is 42.6 Å². The van der Waals surface area contributed by atoms with Gasteiger partial charge in [-0.15, -0.1) is 0 Å². The Balaban J connectivity index is 1.45. The zero-order chi connectivity index (χ0) is 20.5. The number of aromatic nitrogens is 1. The molecule has 1 nitrogen and oxygen atoms in total. The van der Waals surface area contributed by atoms with Gasteiger partial charge in [0, 0.05) is 11.8 Å². The lowest BCUT2D eigenvalue weighted by Gasteiger charge is -2.39. The summed E-state index contributed by atoms with van der Waals surface area (Å²) in [5.74, 6) is 4.37. The van der Waals surface area contributed by atoms with Crippen molar-refractivity contribution in [2.75, 3.05) is 24.0 Å². The third kappa shape index (κ3) is 4.74. The quantitative estimate of drug-likeness (QED) is 0.508. The molecule has 1 saturated heterocycles. The second kappa shape index (κ2) is 8.46. The van der Waals surface area contributed by atoms with E-state index in [2.05, 4.69) is 69.0 Å².